The summed E-state index contributed by atoms with van der Waals surface area (Å²) in [5, 5.41) is 13.2. The summed E-state index contributed by atoms with van der Waals surface area (Å²) in [7, 11) is 0. The van der Waals surface area contributed by atoms with Gasteiger partial charge < -0.3 is 15.5 Å². The molecule has 27 heavy (non-hydrogen) atoms. The monoisotopic (exact) mass is 376 g/mol. The van der Waals surface area contributed by atoms with Gasteiger partial charge in [-0.3, -0.25) is 19.7 Å². The minimum absolute atomic E-state index is 0.0526. The zero-order valence-electron chi connectivity index (χ0n) is 16.0. The highest BCUT2D eigenvalue weighted by Crippen LogP contribution is 2.19. The van der Waals surface area contributed by atoms with Gasteiger partial charge in [0.1, 0.15) is 5.82 Å². The maximum atomic E-state index is 12.4. The Hall–Kier alpha value is -2.42. The van der Waals surface area contributed by atoms with E-state index in [4.69, 9.17) is 0 Å². The highest BCUT2D eigenvalue weighted by atomic mass is 16.2. The fraction of sp³-hybridized carbons (Fsp3) is 0.667. The van der Waals surface area contributed by atoms with Gasteiger partial charge in [-0.15, -0.1) is 0 Å². The van der Waals surface area contributed by atoms with Crippen molar-refractivity contribution in [1.29, 1.82) is 0 Å². The number of anilines is 1. The first-order valence-electron chi connectivity index (χ1n) is 9.69. The van der Waals surface area contributed by atoms with Gasteiger partial charge in [-0.2, -0.15) is 5.10 Å². The molecule has 0 aliphatic carbocycles. The van der Waals surface area contributed by atoms with Crippen molar-refractivity contribution < 1.29 is 14.4 Å². The highest BCUT2D eigenvalue weighted by molar-refractivity contribution is 6.39. The first-order valence-corrected chi connectivity index (χ1v) is 9.69. The Morgan fingerprint density at radius 2 is 2.04 bits per heavy atom. The molecule has 0 saturated carbocycles. The van der Waals surface area contributed by atoms with Crippen LogP contribution in [0.15, 0.2) is 6.07 Å². The van der Waals surface area contributed by atoms with Crippen molar-refractivity contribution >= 4 is 23.5 Å². The Labute approximate surface area is 158 Å². The van der Waals surface area contributed by atoms with Gasteiger partial charge in [0.15, 0.2) is 6.29 Å². The number of carbonyl (C=O) groups excluding carboxylic acids is 3. The number of piperidine rings is 1. The molecular weight excluding hydrogens is 348 g/mol. The minimum Gasteiger partial charge on any atom is -0.334 e. The Bertz CT molecular complexity index is 710. The van der Waals surface area contributed by atoms with E-state index in [1.54, 1.807) is 17.9 Å². The molecule has 2 atom stereocenters. The highest BCUT2D eigenvalue weighted by Gasteiger charge is 2.30. The number of nitrogens with one attached hydrogen (secondary N) is 3. The molecule has 148 valence electrons. The maximum absolute atomic E-state index is 12.4. The van der Waals surface area contributed by atoms with Crippen LogP contribution in [0.5, 0.6) is 0 Å². The zero-order valence-corrected chi connectivity index (χ0v) is 16.0. The van der Waals surface area contributed by atoms with Gasteiger partial charge in [0.25, 0.3) is 0 Å². The molecular formula is C18H28N6O3. The average Bonchev–Trinajstić information content (AvgIpc) is 3.02. The van der Waals surface area contributed by atoms with Gasteiger partial charge in [-0.1, -0.05) is 13.3 Å². The molecule has 2 aliphatic rings. The van der Waals surface area contributed by atoms with Crippen LogP contribution < -0.4 is 16.0 Å². The fourth-order valence-corrected chi connectivity index (χ4v) is 3.64. The summed E-state index contributed by atoms with van der Waals surface area (Å²) in [6, 6.07) is 1.75. The smallest absolute Gasteiger partial charge is 0.315 e. The van der Waals surface area contributed by atoms with Gasteiger partial charge in [-0.25, -0.2) is 4.68 Å². The Morgan fingerprint density at radius 1 is 1.30 bits per heavy atom. The van der Waals surface area contributed by atoms with Crippen molar-refractivity contribution in [3.63, 3.8) is 0 Å². The van der Waals surface area contributed by atoms with E-state index < -0.39 is 18.1 Å². The second-order valence-corrected chi connectivity index (χ2v) is 7.25. The summed E-state index contributed by atoms with van der Waals surface area (Å²) in [5.74, 6) is -0.875. The van der Waals surface area contributed by atoms with Gasteiger partial charge in [0, 0.05) is 31.6 Å². The number of carbonyl (C=O) groups is 3. The number of hydrogen-bond acceptors (Lipinski definition) is 5. The van der Waals surface area contributed by atoms with Crippen LogP contribution in [0.3, 0.4) is 0 Å². The van der Waals surface area contributed by atoms with Crippen molar-refractivity contribution in [2.24, 2.45) is 0 Å². The van der Waals surface area contributed by atoms with E-state index >= 15 is 0 Å². The van der Waals surface area contributed by atoms with Gasteiger partial charge in [0.05, 0.1) is 5.69 Å². The van der Waals surface area contributed by atoms with Crippen molar-refractivity contribution in [2.45, 2.75) is 64.7 Å². The number of hydrogen-bond donors (Lipinski definition) is 3. The molecule has 0 aromatic carbocycles. The van der Waals surface area contributed by atoms with E-state index in [1.807, 2.05) is 0 Å². The van der Waals surface area contributed by atoms with E-state index in [1.165, 1.54) is 4.68 Å². The Morgan fingerprint density at radius 3 is 2.74 bits per heavy atom. The average molecular weight is 376 g/mol. The predicted octanol–water partition coefficient (Wildman–Crippen LogP) is 0.877. The van der Waals surface area contributed by atoms with E-state index in [9.17, 15) is 14.4 Å². The number of nitrogens with zero attached hydrogens (tertiary/aromatic N) is 3. The summed E-state index contributed by atoms with van der Waals surface area (Å²) in [6.45, 7) is 5.10. The molecule has 2 unspecified atom stereocenters. The molecule has 3 amide bonds. The lowest BCUT2D eigenvalue weighted by Crippen LogP contribution is -2.53. The lowest BCUT2D eigenvalue weighted by molar-refractivity contribution is -0.143. The van der Waals surface area contributed by atoms with Gasteiger partial charge in [0.2, 0.25) is 5.91 Å². The van der Waals surface area contributed by atoms with Crippen molar-refractivity contribution in [1.82, 2.24) is 25.3 Å². The van der Waals surface area contributed by atoms with Crippen LogP contribution >= 0.6 is 0 Å². The van der Waals surface area contributed by atoms with Crippen LogP contribution in [-0.4, -0.2) is 51.5 Å². The summed E-state index contributed by atoms with van der Waals surface area (Å²) < 4.78 is 1.52. The molecule has 1 aromatic heterocycles. The van der Waals surface area contributed by atoms with Crippen molar-refractivity contribution in [3.05, 3.63) is 11.8 Å². The number of aryl methyl sites for hydroxylation is 1. The molecule has 9 nitrogen and oxygen atoms in total. The van der Waals surface area contributed by atoms with Crippen LogP contribution in [0, 0.1) is 6.92 Å². The molecule has 2 aliphatic heterocycles. The first-order chi connectivity index (χ1) is 13.0. The summed E-state index contributed by atoms with van der Waals surface area (Å²) >= 11 is 0. The third kappa shape index (κ3) is 4.65. The Kier molecular flexibility index (Phi) is 6.10. The third-order valence-electron chi connectivity index (χ3n) is 4.94. The molecule has 0 radical (unpaired) electrons. The third-order valence-corrected chi connectivity index (χ3v) is 4.94. The lowest BCUT2D eigenvalue weighted by atomic mass is 10.1. The minimum atomic E-state index is -0.676. The number of likely N-dealkylation sites (tertiary alicyclic amines) is 1. The molecule has 0 bridgehead atoms. The molecule has 1 aromatic rings. The molecule has 2 saturated heterocycles. The molecule has 0 spiro atoms. The topological polar surface area (TPSA) is 108 Å². The quantitative estimate of drug-likeness (QED) is 0.676. The Balaban J connectivity index is 1.72. The number of amides is 3. The van der Waals surface area contributed by atoms with Crippen LogP contribution in [0.1, 0.15) is 57.4 Å². The van der Waals surface area contributed by atoms with Crippen LogP contribution in [0.25, 0.3) is 0 Å². The molecule has 3 rings (SSSR count). The van der Waals surface area contributed by atoms with E-state index in [0.717, 1.165) is 32.1 Å². The molecule has 9 heteroatoms. The summed E-state index contributed by atoms with van der Waals surface area (Å²) in [4.78, 5) is 38.5. The molecule has 3 N–H and O–H groups in total. The van der Waals surface area contributed by atoms with E-state index in [2.05, 4.69) is 28.0 Å². The van der Waals surface area contributed by atoms with Crippen LogP contribution in [0.2, 0.25) is 0 Å². The predicted molar refractivity (Wildman–Crippen MR) is 99.7 cm³/mol. The lowest BCUT2D eigenvalue weighted by Gasteiger charge is -2.32. The van der Waals surface area contributed by atoms with Crippen molar-refractivity contribution in [2.75, 3.05) is 18.4 Å². The summed E-state index contributed by atoms with van der Waals surface area (Å²) in [6.07, 6.45) is 4.63. The normalized spacial score (nSPS) is 23.0. The number of aromatic nitrogens is 2. The van der Waals surface area contributed by atoms with Crippen LogP contribution in [-0.2, 0) is 14.4 Å². The number of rotatable bonds is 4. The van der Waals surface area contributed by atoms with Gasteiger partial charge in [-0.05, 0) is 32.6 Å². The van der Waals surface area contributed by atoms with Crippen molar-refractivity contribution in [3.8, 4) is 0 Å². The standard InChI is InChI=1S/C18H28N6O3/c1-3-7-13-11-15(25)21-18(19-13)24-14(10-12(2)22-24)20-16(26)17(27)23-8-5-4-6-9-23/h10,13,18-19H,3-9,11H2,1-2H3,(H,20,26)(H,21,25). The van der Waals surface area contributed by atoms with E-state index in [-0.39, 0.29) is 11.9 Å². The second kappa shape index (κ2) is 8.51. The maximum Gasteiger partial charge on any atom is 0.315 e. The second-order valence-electron chi connectivity index (χ2n) is 7.25. The van der Waals surface area contributed by atoms with Crippen LogP contribution in [0.4, 0.5) is 5.82 Å². The summed E-state index contributed by atoms with van der Waals surface area (Å²) in [5.41, 5.74) is 0.685. The molecule has 2 fully saturated rings. The largest absolute Gasteiger partial charge is 0.334 e. The van der Waals surface area contributed by atoms with E-state index in [0.29, 0.717) is 31.0 Å². The first kappa shape index (κ1) is 19.3. The zero-order chi connectivity index (χ0) is 19.4. The fourth-order valence-electron chi connectivity index (χ4n) is 3.64. The van der Waals surface area contributed by atoms with Gasteiger partial charge >= 0.3 is 11.8 Å². The molecule has 3 heterocycles. The SMILES string of the molecule is CCCC1CC(=O)NC(n2nc(C)cc2NC(=O)C(=O)N2CCCCC2)N1.